The van der Waals surface area contributed by atoms with Gasteiger partial charge in [-0.2, -0.15) is 0 Å². The van der Waals surface area contributed by atoms with E-state index in [2.05, 4.69) is 25.0 Å². The van der Waals surface area contributed by atoms with E-state index in [-0.39, 0.29) is 16.8 Å². The SMILES string of the molecule is O=C(NC1CC1)c1cccc(NS(=O)(=O)c2ccc(-c3ncnc4[nH]ccc34)cc2)c1. The Labute approximate surface area is 178 Å². The molecule has 31 heavy (non-hydrogen) atoms. The van der Waals surface area contributed by atoms with Crippen molar-refractivity contribution in [2.75, 3.05) is 4.72 Å². The van der Waals surface area contributed by atoms with Crippen molar-refractivity contribution < 1.29 is 13.2 Å². The molecular weight excluding hydrogens is 414 g/mol. The summed E-state index contributed by atoms with van der Waals surface area (Å²) in [5, 5.41) is 3.75. The largest absolute Gasteiger partial charge is 0.349 e. The Kier molecular flexibility index (Phi) is 4.67. The Morgan fingerprint density at radius 2 is 1.84 bits per heavy atom. The number of H-pyrrole nitrogens is 1. The Bertz CT molecular complexity index is 1380. The van der Waals surface area contributed by atoms with Gasteiger partial charge in [0.05, 0.1) is 10.6 Å². The average Bonchev–Trinajstić information content (AvgIpc) is 3.45. The number of fused-ring (bicyclic) bond motifs is 1. The molecule has 156 valence electrons. The maximum Gasteiger partial charge on any atom is 0.261 e. The summed E-state index contributed by atoms with van der Waals surface area (Å²) in [6.45, 7) is 0. The maximum atomic E-state index is 12.8. The molecule has 1 aliphatic rings. The number of nitrogens with one attached hydrogen (secondary N) is 3. The summed E-state index contributed by atoms with van der Waals surface area (Å²) in [7, 11) is -3.82. The average molecular weight is 433 g/mol. The van der Waals surface area contributed by atoms with Gasteiger partial charge in [0.2, 0.25) is 0 Å². The number of rotatable bonds is 6. The third-order valence-electron chi connectivity index (χ3n) is 5.08. The number of sulfonamides is 1. The van der Waals surface area contributed by atoms with E-state index in [0.717, 1.165) is 29.5 Å². The lowest BCUT2D eigenvalue weighted by atomic mass is 10.1. The van der Waals surface area contributed by atoms with Crippen LogP contribution in [0.15, 0.2) is 72.0 Å². The zero-order chi connectivity index (χ0) is 21.4. The lowest BCUT2D eigenvalue weighted by molar-refractivity contribution is 0.0951. The van der Waals surface area contributed by atoms with Crippen LogP contribution in [0.2, 0.25) is 0 Å². The number of amides is 1. The van der Waals surface area contributed by atoms with Gasteiger partial charge in [-0.15, -0.1) is 0 Å². The highest BCUT2D eigenvalue weighted by atomic mass is 32.2. The number of nitrogens with zero attached hydrogens (tertiary/aromatic N) is 2. The van der Waals surface area contributed by atoms with Gasteiger partial charge in [0.1, 0.15) is 12.0 Å². The zero-order valence-corrected chi connectivity index (χ0v) is 17.2. The number of anilines is 1. The number of hydrogen-bond acceptors (Lipinski definition) is 5. The third kappa shape index (κ3) is 3.99. The van der Waals surface area contributed by atoms with Crippen LogP contribution in [-0.2, 0) is 10.0 Å². The first kappa shape index (κ1) is 19.3. The van der Waals surface area contributed by atoms with Crippen molar-refractivity contribution in [3.63, 3.8) is 0 Å². The van der Waals surface area contributed by atoms with Crippen LogP contribution >= 0.6 is 0 Å². The Hall–Kier alpha value is -3.72. The van der Waals surface area contributed by atoms with E-state index in [1.807, 2.05) is 6.07 Å². The van der Waals surface area contributed by atoms with Gasteiger partial charge < -0.3 is 10.3 Å². The fourth-order valence-electron chi connectivity index (χ4n) is 3.33. The maximum absolute atomic E-state index is 12.8. The lowest BCUT2D eigenvalue weighted by Crippen LogP contribution is -2.25. The van der Waals surface area contributed by atoms with Crippen LogP contribution < -0.4 is 10.0 Å². The molecule has 2 aromatic carbocycles. The molecule has 2 heterocycles. The molecule has 0 spiro atoms. The smallest absolute Gasteiger partial charge is 0.261 e. The van der Waals surface area contributed by atoms with Gasteiger partial charge in [0, 0.05) is 34.4 Å². The monoisotopic (exact) mass is 433 g/mol. The van der Waals surface area contributed by atoms with Crippen LogP contribution in [0.5, 0.6) is 0 Å². The van der Waals surface area contributed by atoms with E-state index in [4.69, 9.17) is 0 Å². The van der Waals surface area contributed by atoms with Gasteiger partial charge >= 0.3 is 0 Å². The molecule has 1 aliphatic carbocycles. The summed E-state index contributed by atoms with van der Waals surface area (Å²) in [5.41, 5.74) is 2.97. The highest BCUT2D eigenvalue weighted by molar-refractivity contribution is 7.92. The summed E-state index contributed by atoms with van der Waals surface area (Å²) in [6.07, 6.45) is 5.22. The van der Waals surface area contributed by atoms with Gasteiger partial charge in [-0.25, -0.2) is 18.4 Å². The van der Waals surface area contributed by atoms with E-state index >= 15 is 0 Å². The van der Waals surface area contributed by atoms with Gasteiger partial charge in [-0.1, -0.05) is 18.2 Å². The minimum Gasteiger partial charge on any atom is -0.349 e. The van der Waals surface area contributed by atoms with E-state index in [9.17, 15) is 13.2 Å². The van der Waals surface area contributed by atoms with Crippen LogP contribution in [0.3, 0.4) is 0 Å². The van der Waals surface area contributed by atoms with Gasteiger partial charge in [-0.3, -0.25) is 9.52 Å². The quantitative estimate of drug-likeness (QED) is 0.431. The van der Waals surface area contributed by atoms with Crippen LogP contribution in [-0.4, -0.2) is 35.3 Å². The fraction of sp³-hybridized carbons (Fsp3) is 0.136. The molecule has 3 N–H and O–H groups in total. The first-order valence-corrected chi connectivity index (χ1v) is 11.3. The Morgan fingerprint density at radius 1 is 1.03 bits per heavy atom. The van der Waals surface area contributed by atoms with Crippen molar-refractivity contribution in [1.29, 1.82) is 0 Å². The molecule has 0 saturated heterocycles. The number of aromatic nitrogens is 3. The summed E-state index contributed by atoms with van der Waals surface area (Å²) in [4.78, 5) is 23.9. The van der Waals surface area contributed by atoms with Crippen molar-refractivity contribution in [1.82, 2.24) is 20.3 Å². The minimum absolute atomic E-state index is 0.114. The molecule has 0 bridgehead atoms. The van der Waals surface area contributed by atoms with Crippen LogP contribution in [0, 0.1) is 0 Å². The number of aromatic amines is 1. The number of benzene rings is 2. The molecule has 1 amide bonds. The molecule has 5 rings (SSSR count). The molecule has 2 aromatic heterocycles. The number of hydrogen-bond donors (Lipinski definition) is 3. The second-order valence-electron chi connectivity index (χ2n) is 7.42. The fourth-order valence-corrected chi connectivity index (χ4v) is 4.38. The van der Waals surface area contributed by atoms with Gasteiger partial charge in [0.25, 0.3) is 15.9 Å². The molecule has 9 heteroatoms. The van der Waals surface area contributed by atoms with Gasteiger partial charge in [0.15, 0.2) is 0 Å². The molecule has 4 aromatic rings. The van der Waals surface area contributed by atoms with E-state index < -0.39 is 10.0 Å². The van der Waals surface area contributed by atoms with Crippen molar-refractivity contribution in [3.05, 3.63) is 72.7 Å². The molecule has 0 atom stereocenters. The van der Waals surface area contributed by atoms with Crippen LogP contribution in [0.4, 0.5) is 5.69 Å². The predicted octanol–water partition coefficient (Wildman–Crippen LogP) is 3.32. The Morgan fingerprint density at radius 3 is 2.61 bits per heavy atom. The first-order valence-electron chi connectivity index (χ1n) is 9.82. The van der Waals surface area contributed by atoms with Gasteiger partial charge in [-0.05, 0) is 49.2 Å². The van der Waals surface area contributed by atoms with E-state index in [1.165, 1.54) is 24.5 Å². The van der Waals surface area contributed by atoms with Crippen molar-refractivity contribution in [2.45, 2.75) is 23.8 Å². The highest BCUT2D eigenvalue weighted by Crippen LogP contribution is 2.26. The number of carbonyl (C=O) groups excluding carboxylic acids is 1. The standard InChI is InChI=1S/C22H19N5O3S/c28-22(26-16-6-7-16)15-2-1-3-17(12-15)27-31(29,30)18-8-4-14(5-9-18)20-19-10-11-23-21(19)25-13-24-20/h1-5,8-13,16,27H,6-7H2,(H,26,28)(H,23,24,25). The molecular formula is C22H19N5O3S. The number of carbonyl (C=O) groups is 1. The van der Waals surface area contributed by atoms with E-state index in [1.54, 1.807) is 36.5 Å². The summed E-state index contributed by atoms with van der Waals surface area (Å²) in [5.74, 6) is -0.200. The second-order valence-corrected chi connectivity index (χ2v) is 9.10. The lowest BCUT2D eigenvalue weighted by Gasteiger charge is -2.10. The normalized spacial score (nSPS) is 13.8. The molecule has 0 radical (unpaired) electrons. The molecule has 1 saturated carbocycles. The summed E-state index contributed by atoms with van der Waals surface area (Å²) >= 11 is 0. The summed E-state index contributed by atoms with van der Waals surface area (Å²) < 4.78 is 28.2. The molecule has 1 fully saturated rings. The second kappa shape index (κ2) is 7.51. The van der Waals surface area contributed by atoms with Crippen molar-refractivity contribution >= 4 is 32.7 Å². The van der Waals surface area contributed by atoms with Crippen molar-refractivity contribution in [2.24, 2.45) is 0 Å². The topological polar surface area (TPSA) is 117 Å². The van der Waals surface area contributed by atoms with Crippen LogP contribution in [0.1, 0.15) is 23.2 Å². The van der Waals surface area contributed by atoms with E-state index in [0.29, 0.717) is 16.9 Å². The molecule has 0 aliphatic heterocycles. The highest BCUT2D eigenvalue weighted by Gasteiger charge is 2.24. The summed E-state index contributed by atoms with van der Waals surface area (Å²) in [6, 6.07) is 15.1. The first-order chi connectivity index (χ1) is 15.0. The zero-order valence-electron chi connectivity index (χ0n) is 16.4. The predicted molar refractivity (Wildman–Crippen MR) is 117 cm³/mol. The van der Waals surface area contributed by atoms with Crippen molar-refractivity contribution in [3.8, 4) is 11.3 Å². The Balaban J connectivity index is 1.37. The third-order valence-corrected chi connectivity index (χ3v) is 6.48. The van der Waals surface area contributed by atoms with Crippen LogP contribution in [0.25, 0.3) is 22.3 Å². The minimum atomic E-state index is -3.82. The molecule has 0 unspecified atom stereocenters. The molecule has 8 nitrogen and oxygen atoms in total.